The van der Waals surface area contributed by atoms with Gasteiger partial charge in [0.25, 0.3) is 0 Å². The Morgan fingerprint density at radius 3 is 2.24 bits per heavy atom. The molecule has 114 valence electrons. The van der Waals surface area contributed by atoms with Gasteiger partial charge in [-0.3, -0.25) is 0 Å². The monoisotopic (exact) mass is 291 g/mol. The van der Waals surface area contributed by atoms with E-state index in [-0.39, 0.29) is 0 Å². The Bertz CT molecular complexity index is 533. The van der Waals surface area contributed by atoms with Gasteiger partial charge in [0.15, 0.2) is 5.57 Å². The number of hydrogen-bond donors (Lipinski definition) is 3. The van der Waals surface area contributed by atoms with Crippen molar-refractivity contribution in [3.63, 3.8) is 0 Å². The van der Waals surface area contributed by atoms with Crippen LogP contribution in [0.1, 0.15) is 38.7 Å². The molecule has 0 aliphatic rings. The molecule has 0 heterocycles. The zero-order valence-electron chi connectivity index (χ0n) is 12.5. The lowest BCUT2D eigenvalue weighted by molar-refractivity contribution is -0.140. The highest BCUT2D eigenvalue weighted by Crippen LogP contribution is 2.29. The zero-order chi connectivity index (χ0) is 16.0. The van der Waals surface area contributed by atoms with Gasteiger partial charge in [0.1, 0.15) is 0 Å². The summed E-state index contributed by atoms with van der Waals surface area (Å²) in [5.41, 5.74) is 1.07. The second-order valence-electron chi connectivity index (χ2n) is 5.43. The van der Waals surface area contributed by atoms with Crippen molar-refractivity contribution in [1.29, 1.82) is 0 Å². The standard InChI is InChI=1S/C16H21NO4/c1-10(2)8-11(3)12-6-4-5-7-14(12)17-9-13(15(18)19)16(20)21/h4-7,9-11,17H,8H2,1-3H3,(H,18,19)(H,20,21). The lowest BCUT2D eigenvalue weighted by Gasteiger charge is -2.18. The minimum Gasteiger partial charge on any atom is -0.477 e. The number of rotatable bonds is 7. The number of carboxylic acid groups (broad SMARTS) is 2. The number of nitrogens with one attached hydrogen (secondary N) is 1. The number of carbonyl (C=O) groups is 2. The first kappa shape index (κ1) is 16.8. The Labute approximate surface area is 124 Å². The summed E-state index contributed by atoms with van der Waals surface area (Å²) < 4.78 is 0. The SMILES string of the molecule is CC(C)CC(C)c1ccccc1NC=C(C(=O)O)C(=O)O. The second kappa shape index (κ2) is 7.47. The first-order valence-corrected chi connectivity index (χ1v) is 6.85. The number of anilines is 1. The van der Waals surface area contributed by atoms with Gasteiger partial charge < -0.3 is 15.5 Å². The molecule has 1 atom stereocenters. The fourth-order valence-corrected chi connectivity index (χ4v) is 2.26. The number of carboxylic acids is 2. The molecule has 21 heavy (non-hydrogen) atoms. The van der Waals surface area contributed by atoms with Crippen LogP contribution in [0, 0.1) is 5.92 Å². The number of aliphatic carboxylic acids is 2. The molecule has 3 N–H and O–H groups in total. The first-order chi connectivity index (χ1) is 9.82. The van der Waals surface area contributed by atoms with Crippen molar-refractivity contribution in [2.24, 2.45) is 5.92 Å². The molecule has 0 saturated heterocycles. The molecule has 5 nitrogen and oxygen atoms in total. The Balaban J connectivity index is 3.01. The van der Waals surface area contributed by atoms with E-state index < -0.39 is 17.5 Å². The van der Waals surface area contributed by atoms with Crippen molar-refractivity contribution in [1.82, 2.24) is 0 Å². The molecule has 1 aromatic carbocycles. The molecule has 1 rings (SSSR count). The molecule has 0 aliphatic heterocycles. The molecule has 1 aromatic rings. The van der Waals surface area contributed by atoms with Crippen molar-refractivity contribution in [3.8, 4) is 0 Å². The number of benzene rings is 1. The molecule has 0 aliphatic carbocycles. The van der Waals surface area contributed by atoms with Gasteiger partial charge in [0.2, 0.25) is 0 Å². The fourth-order valence-electron chi connectivity index (χ4n) is 2.26. The smallest absolute Gasteiger partial charge is 0.344 e. The van der Waals surface area contributed by atoms with Crippen molar-refractivity contribution in [2.75, 3.05) is 5.32 Å². The van der Waals surface area contributed by atoms with E-state index in [0.717, 1.165) is 23.9 Å². The first-order valence-electron chi connectivity index (χ1n) is 6.85. The van der Waals surface area contributed by atoms with E-state index in [4.69, 9.17) is 10.2 Å². The van der Waals surface area contributed by atoms with Gasteiger partial charge in [0.05, 0.1) is 0 Å². The topological polar surface area (TPSA) is 86.6 Å². The predicted molar refractivity (Wildman–Crippen MR) is 81.3 cm³/mol. The van der Waals surface area contributed by atoms with Crippen LogP contribution < -0.4 is 5.32 Å². The van der Waals surface area contributed by atoms with Crippen LogP contribution in [0.25, 0.3) is 0 Å². The Morgan fingerprint density at radius 2 is 1.71 bits per heavy atom. The number of para-hydroxylation sites is 1. The highest BCUT2D eigenvalue weighted by atomic mass is 16.4. The highest BCUT2D eigenvalue weighted by molar-refractivity contribution is 6.12. The van der Waals surface area contributed by atoms with E-state index in [9.17, 15) is 9.59 Å². The average Bonchev–Trinajstić information content (AvgIpc) is 2.37. The molecule has 1 unspecified atom stereocenters. The van der Waals surface area contributed by atoms with Crippen LogP contribution >= 0.6 is 0 Å². The van der Waals surface area contributed by atoms with Gasteiger partial charge in [-0.25, -0.2) is 9.59 Å². The highest BCUT2D eigenvalue weighted by Gasteiger charge is 2.16. The summed E-state index contributed by atoms with van der Waals surface area (Å²) in [6.07, 6.45) is 2.01. The fraction of sp³-hybridized carbons (Fsp3) is 0.375. The summed E-state index contributed by atoms with van der Waals surface area (Å²) in [4.78, 5) is 21.7. The average molecular weight is 291 g/mol. The van der Waals surface area contributed by atoms with Crippen LogP contribution in [0.4, 0.5) is 5.69 Å². The lowest BCUT2D eigenvalue weighted by Crippen LogP contribution is -2.13. The van der Waals surface area contributed by atoms with Gasteiger partial charge in [-0.2, -0.15) is 0 Å². The minimum atomic E-state index is -1.47. The zero-order valence-corrected chi connectivity index (χ0v) is 12.5. The molecule has 5 heteroatoms. The Hall–Kier alpha value is -2.30. The van der Waals surface area contributed by atoms with E-state index >= 15 is 0 Å². The second-order valence-corrected chi connectivity index (χ2v) is 5.43. The van der Waals surface area contributed by atoms with Gasteiger partial charge in [0, 0.05) is 11.9 Å². The molecular weight excluding hydrogens is 270 g/mol. The third kappa shape index (κ3) is 4.95. The summed E-state index contributed by atoms with van der Waals surface area (Å²) in [7, 11) is 0. The van der Waals surface area contributed by atoms with Crippen molar-refractivity contribution in [3.05, 3.63) is 41.6 Å². The van der Waals surface area contributed by atoms with Gasteiger partial charge >= 0.3 is 11.9 Å². The molecule has 0 fully saturated rings. The van der Waals surface area contributed by atoms with Gasteiger partial charge in [-0.15, -0.1) is 0 Å². The van der Waals surface area contributed by atoms with E-state index in [2.05, 4.69) is 26.1 Å². The normalized spacial score (nSPS) is 11.8. The van der Waals surface area contributed by atoms with Crippen molar-refractivity contribution in [2.45, 2.75) is 33.1 Å². The van der Waals surface area contributed by atoms with Crippen LogP contribution in [0.15, 0.2) is 36.0 Å². The van der Waals surface area contributed by atoms with Crippen LogP contribution in [0.5, 0.6) is 0 Å². The van der Waals surface area contributed by atoms with E-state index in [1.54, 1.807) is 0 Å². The largest absolute Gasteiger partial charge is 0.477 e. The summed E-state index contributed by atoms with van der Waals surface area (Å²) >= 11 is 0. The van der Waals surface area contributed by atoms with E-state index in [1.165, 1.54) is 0 Å². The molecule has 0 amide bonds. The van der Waals surface area contributed by atoms with Gasteiger partial charge in [-0.05, 0) is 29.9 Å². The maximum atomic E-state index is 10.8. The molecular formula is C16H21NO4. The van der Waals surface area contributed by atoms with Crippen LogP contribution in [-0.4, -0.2) is 22.2 Å². The molecule has 0 aromatic heterocycles. The summed E-state index contributed by atoms with van der Waals surface area (Å²) in [6.45, 7) is 6.37. The third-order valence-corrected chi connectivity index (χ3v) is 3.15. The predicted octanol–water partition coefficient (Wildman–Crippen LogP) is 3.30. The third-order valence-electron chi connectivity index (χ3n) is 3.15. The maximum Gasteiger partial charge on any atom is 0.344 e. The summed E-state index contributed by atoms with van der Waals surface area (Å²) in [5.74, 6) is -2.11. The minimum absolute atomic E-state index is 0.292. The van der Waals surface area contributed by atoms with Crippen LogP contribution in [0.2, 0.25) is 0 Å². The molecule has 0 radical (unpaired) electrons. The lowest BCUT2D eigenvalue weighted by atomic mass is 9.91. The van der Waals surface area contributed by atoms with Crippen molar-refractivity contribution >= 4 is 17.6 Å². The van der Waals surface area contributed by atoms with Crippen LogP contribution in [-0.2, 0) is 9.59 Å². The van der Waals surface area contributed by atoms with Gasteiger partial charge in [-0.1, -0.05) is 39.0 Å². The van der Waals surface area contributed by atoms with Crippen LogP contribution in [0.3, 0.4) is 0 Å². The van der Waals surface area contributed by atoms with E-state index in [0.29, 0.717) is 11.8 Å². The number of hydrogen-bond acceptors (Lipinski definition) is 3. The Morgan fingerprint density at radius 1 is 1.14 bits per heavy atom. The Kier molecular flexibility index (Phi) is 5.96. The molecule has 0 spiro atoms. The summed E-state index contributed by atoms with van der Waals surface area (Å²) in [5, 5.41) is 20.5. The summed E-state index contributed by atoms with van der Waals surface area (Å²) in [6, 6.07) is 7.51. The quantitative estimate of drug-likeness (QED) is 0.407. The van der Waals surface area contributed by atoms with Crippen molar-refractivity contribution < 1.29 is 19.8 Å². The van der Waals surface area contributed by atoms with E-state index in [1.807, 2.05) is 24.3 Å². The maximum absolute atomic E-state index is 10.8. The molecule has 0 saturated carbocycles. The molecule has 0 bridgehead atoms.